The third kappa shape index (κ3) is 2.63. The number of carboxylic acid groups (broad SMARTS) is 1. The molecule has 1 heterocycles. The molecular weight excluding hydrogens is 271 g/mol. The first-order valence-corrected chi connectivity index (χ1v) is 6.89. The Hall–Kier alpha value is -2.30. The predicted molar refractivity (Wildman–Crippen MR) is 75.3 cm³/mol. The molecule has 1 aliphatic rings. The average Bonchev–Trinajstić information content (AvgIpc) is 2.46. The van der Waals surface area contributed by atoms with Gasteiger partial charge in [0, 0.05) is 17.0 Å². The van der Waals surface area contributed by atoms with Gasteiger partial charge in [-0.25, -0.2) is 14.4 Å². The topological polar surface area (TPSA) is 63.1 Å². The van der Waals surface area contributed by atoms with Crippen LogP contribution in [0.2, 0.25) is 0 Å². The largest absolute Gasteiger partial charge is 0.481 e. The summed E-state index contributed by atoms with van der Waals surface area (Å²) in [6, 6.07) is 6.19. The van der Waals surface area contributed by atoms with Crippen molar-refractivity contribution < 1.29 is 14.3 Å². The predicted octanol–water partition coefficient (Wildman–Crippen LogP) is 2.78. The van der Waals surface area contributed by atoms with Crippen molar-refractivity contribution in [1.29, 1.82) is 0 Å². The molecule has 21 heavy (non-hydrogen) atoms. The van der Waals surface area contributed by atoms with Crippen LogP contribution in [0.1, 0.15) is 23.4 Å². The zero-order valence-electron chi connectivity index (χ0n) is 11.6. The molecule has 0 aliphatic heterocycles. The number of carboxylic acids is 1. The summed E-state index contributed by atoms with van der Waals surface area (Å²) in [6.07, 6.45) is 1.68. The molecule has 1 aliphatic carbocycles. The van der Waals surface area contributed by atoms with Crippen molar-refractivity contribution in [3.05, 3.63) is 47.0 Å². The van der Waals surface area contributed by atoms with Gasteiger partial charge in [-0.3, -0.25) is 4.79 Å². The Morgan fingerprint density at radius 1 is 1.38 bits per heavy atom. The van der Waals surface area contributed by atoms with E-state index in [1.165, 1.54) is 12.1 Å². The lowest BCUT2D eigenvalue weighted by Gasteiger charge is -2.22. The van der Waals surface area contributed by atoms with Gasteiger partial charge in [0.15, 0.2) is 5.82 Å². The number of rotatable bonds is 2. The van der Waals surface area contributed by atoms with E-state index in [0.717, 1.165) is 17.0 Å². The van der Waals surface area contributed by atoms with Crippen molar-refractivity contribution >= 4 is 5.97 Å². The summed E-state index contributed by atoms with van der Waals surface area (Å²) in [5.74, 6) is -0.953. The van der Waals surface area contributed by atoms with Crippen LogP contribution in [0.25, 0.3) is 11.4 Å². The highest BCUT2D eigenvalue weighted by Crippen LogP contribution is 2.28. The van der Waals surface area contributed by atoms with Crippen LogP contribution in [0.15, 0.2) is 24.3 Å². The van der Waals surface area contributed by atoms with Crippen molar-refractivity contribution in [1.82, 2.24) is 9.97 Å². The minimum atomic E-state index is -0.769. The molecule has 2 aromatic rings. The standard InChI is InChI=1S/C16H15FN2O2/c1-9-13-8-11(16(20)21)5-6-14(13)19-15(18-9)10-3-2-4-12(17)7-10/h2-4,7,11H,5-6,8H2,1H3,(H,20,21). The first-order valence-electron chi connectivity index (χ1n) is 6.89. The molecule has 108 valence electrons. The van der Waals surface area contributed by atoms with Gasteiger partial charge in [0.05, 0.1) is 5.92 Å². The van der Waals surface area contributed by atoms with E-state index in [4.69, 9.17) is 5.11 Å². The third-order valence-electron chi connectivity index (χ3n) is 3.91. The van der Waals surface area contributed by atoms with Crippen LogP contribution < -0.4 is 0 Å². The molecular formula is C16H15FN2O2. The second kappa shape index (κ2) is 5.24. The van der Waals surface area contributed by atoms with Gasteiger partial charge in [-0.15, -0.1) is 0 Å². The van der Waals surface area contributed by atoms with E-state index < -0.39 is 5.97 Å². The zero-order valence-corrected chi connectivity index (χ0v) is 11.6. The van der Waals surface area contributed by atoms with Crippen molar-refractivity contribution in [2.45, 2.75) is 26.2 Å². The lowest BCUT2D eigenvalue weighted by Crippen LogP contribution is -2.24. The number of aliphatic carboxylic acids is 1. The number of hydrogen-bond acceptors (Lipinski definition) is 3. The maximum absolute atomic E-state index is 13.3. The van der Waals surface area contributed by atoms with Crippen molar-refractivity contribution in [2.24, 2.45) is 5.92 Å². The molecule has 0 saturated carbocycles. The number of fused-ring (bicyclic) bond motifs is 1. The molecule has 3 rings (SSSR count). The molecule has 0 bridgehead atoms. The summed E-state index contributed by atoms with van der Waals surface area (Å²) in [5.41, 5.74) is 3.24. The Labute approximate surface area is 121 Å². The first kappa shape index (κ1) is 13.7. The van der Waals surface area contributed by atoms with Gasteiger partial charge in [0.2, 0.25) is 0 Å². The molecule has 5 heteroatoms. The Bertz CT molecular complexity index is 715. The summed E-state index contributed by atoms with van der Waals surface area (Å²) in [7, 11) is 0. The normalized spacial score (nSPS) is 17.3. The Kier molecular flexibility index (Phi) is 3.41. The highest BCUT2D eigenvalue weighted by atomic mass is 19.1. The second-order valence-corrected chi connectivity index (χ2v) is 5.35. The number of halogens is 1. The maximum Gasteiger partial charge on any atom is 0.306 e. The molecule has 1 aromatic heterocycles. The molecule has 1 unspecified atom stereocenters. The van der Waals surface area contributed by atoms with Crippen molar-refractivity contribution in [2.75, 3.05) is 0 Å². The van der Waals surface area contributed by atoms with Gasteiger partial charge in [-0.05, 0) is 43.9 Å². The number of aryl methyl sites for hydroxylation is 2. The summed E-state index contributed by atoms with van der Waals surface area (Å²) in [6.45, 7) is 1.85. The Morgan fingerprint density at radius 3 is 2.90 bits per heavy atom. The minimum absolute atomic E-state index is 0.322. The smallest absolute Gasteiger partial charge is 0.306 e. The fourth-order valence-corrected chi connectivity index (χ4v) is 2.75. The van der Waals surface area contributed by atoms with Crippen molar-refractivity contribution in [3.8, 4) is 11.4 Å². The summed E-state index contributed by atoms with van der Waals surface area (Å²) in [4.78, 5) is 20.0. The maximum atomic E-state index is 13.3. The molecule has 0 amide bonds. The monoisotopic (exact) mass is 286 g/mol. The average molecular weight is 286 g/mol. The van der Waals surface area contributed by atoms with E-state index in [0.29, 0.717) is 30.7 Å². The van der Waals surface area contributed by atoms with Crippen molar-refractivity contribution in [3.63, 3.8) is 0 Å². The SMILES string of the molecule is Cc1nc(-c2cccc(F)c2)nc2c1CC(C(=O)O)CC2. The van der Waals surface area contributed by atoms with Gasteiger partial charge in [0.25, 0.3) is 0 Å². The van der Waals surface area contributed by atoms with E-state index in [1.54, 1.807) is 12.1 Å². The molecule has 1 aromatic carbocycles. The summed E-state index contributed by atoms with van der Waals surface area (Å²) < 4.78 is 13.3. The van der Waals surface area contributed by atoms with Crippen LogP contribution in [0.3, 0.4) is 0 Å². The quantitative estimate of drug-likeness (QED) is 0.922. The molecule has 0 spiro atoms. The van der Waals surface area contributed by atoms with E-state index >= 15 is 0 Å². The van der Waals surface area contributed by atoms with Gasteiger partial charge in [0.1, 0.15) is 5.82 Å². The highest BCUT2D eigenvalue weighted by Gasteiger charge is 2.27. The van der Waals surface area contributed by atoms with Crippen LogP contribution >= 0.6 is 0 Å². The van der Waals surface area contributed by atoms with Crippen LogP contribution in [0, 0.1) is 18.7 Å². The van der Waals surface area contributed by atoms with Crippen LogP contribution in [-0.2, 0) is 17.6 Å². The number of aromatic nitrogens is 2. The van der Waals surface area contributed by atoms with Crippen LogP contribution in [0.4, 0.5) is 4.39 Å². The second-order valence-electron chi connectivity index (χ2n) is 5.35. The third-order valence-corrected chi connectivity index (χ3v) is 3.91. The Morgan fingerprint density at radius 2 is 2.19 bits per heavy atom. The van der Waals surface area contributed by atoms with Gasteiger partial charge in [-0.2, -0.15) is 0 Å². The van der Waals surface area contributed by atoms with Crippen LogP contribution in [0.5, 0.6) is 0 Å². The molecule has 0 fully saturated rings. The first-order chi connectivity index (χ1) is 10.0. The lowest BCUT2D eigenvalue weighted by molar-refractivity contribution is -0.142. The fraction of sp³-hybridized carbons (Fsp3) is 0.312. The number of benzene rings is 1. The number of hydrogen-bond donors (Lipinski definition) is 1. The molecule has 0 radical (unpaired) electrons. The van der Waals surface area contributed by atoms with Crippen LogP contribution in [-0.4, -0.2) is 21.0 Å². The van der Waals surface area contributed by atoms with E-state index in [9.17, 15) is 9.18 Å². The Balaban J connectivity index is 2.01. The van der Waals surface area contributed by atoms with E-state index in [2.05, 4.69) is 9.97 Å². The van der Waals surface area contributed by atoms with Gasteiger partial charge < -0.3 is 5.11 Å². The number of carbonyl (C=O) groups is 1. The van der Waals surface area contributed by atoms with E-state index in [1.807, 2.05) is 6.92 Å². The molecule has 1 atom stereocenters. The fourth-order valence-electron chi connectivity index (χ4n) is 2.75. The van der Waals surface area contributed by atoms with Gasteiger partial charge in [-0.1, -0.05) is 12.1 Å². The summed E-state index contributed by atoms with van der Waals surface area (Å²) >= 11 is 0. The minimum Gasteiger partial charge on any atom is -0.481 e. The number of nitrogens with zero attached hydrogens (tertiary/aromatic N) is 2. The lowest BCUT2D eigenvalue weighted by atomic mass is 9.86. The molecule has 4 nitrogen and oxygen atoms in total. The zero-order chi connectivity index (χ0) is 15.0. The summed E-state index contributed by atoms with van der Waals surface area (Å²) in [5, 5.41) is 9.14. The van der Waals surface area contributed by atoms with Gasteiger partial charge >= 0.3 is 5.97 Å². The highest BCUT2D eigenvalue weighted by molar-refractivity contribution is 5.71. The van der Waals surface area contributed by atoms with E-state index in [-0.39, 0.29) is 11.7 Å². The molecule has 0 saturated heterocycles. The molecule has 1 N–H and O–H groups in total.